The fourth-order valence-corrected chi connectivity index (χ4v) is 3.33. The van der Waals surface area contributed by atoms with Crippen molar-refractivity contribution in [1.82, 2.24) is 14.8 Å². The average Bonchev–Trinajstić information content (AvgIpc) is 3.26. The number of carbonyl (C=O) groups is 1. The maximum absolute atomic E-state index is 13.9. The molecule has 0 unspecified atom stereocenters. The predicted octanol–water partition coefficient (Wildman–Crippen LogP) is 4.79. The summed E-state index contributed by atoms with van der Waals surface area (Å²) in [7, 11) is 0. The van der Waals surface area contributed by atoms with E-state index >= 15 is 0 Å². The van der Waals surface area contributed by atoms with Gasteiger partial charge in [0, 0.05) is 17.3 Å². The Balaban J connectivity index is 1.56. The molecule has 0 saturated heterocycles. The summed E-state index contributed by atoms with van der Waals surface area (Å²) in [5.41, 5.74) is 1.23. The third kappa shape index (κ3) is 5.81. The van der Waals surface area contributed by atoms with Gasteiger partial charge in [0.1, 0.15) is 5.82 Å². The van der Waals surface area contributed by atoms with Crippen LogP contribution in [0.2, 0.25) is 0 Å². The lowest BCUT2D eigenvalue weighted by molar-refractivity contribution is -0.385. The van der Waals surface area contributed by atoms with E-state index in [0.29, 0.717) is 22.8 Å². The highest BCUT2D eigenvalue weighted by Gasteiger charge is 2.18. The van der Waals surface area contributed by atoms with Gasteiger partial charge in [-0.15, -0.1) is 5.10 Å². The van der Waals surface area contributed by atoms with Crippen LogP contribution in [0.1, 0.15) is 13.8 Å². The summed E-state index contributed by atoms with van der Waals surface area (Å²) < 4.78 is 26.4. The fourth-order valence-electron chi connectivity index (χ4n) is 3.33. The van der Waals surface area contributed by atoms with E-state index < -0.39 is 23.3 Å². The van der Waals surface area contributed by atoms with Gasteiger partial charge in [-0.25, -0.2) is 9.07 Å². The van der Waals surface area contributed by atoms with Gasteiger partial charge in [-0.05, 0) is 50.2 Å². The minimum atomic E-state index is -0.581. The number of carbonyl (C=O) groups excluding carboxylic acids is 1. The van der Waals surface area contributed by atoms with Crippen molar-refractivity contribution >= 4 is 17.3 Å². The van der Waals surface area contributed by atoms with E-state index in [1.54, 1.807) is 42.5 Å². The van der Waals surface area contributed by atoms with Crippen molar-refractivity contribution in [2.45, 2.75) is 20.0 Å². The molecule has 0 fully saturated rings. The molecule has 184 valence electrons. The Morgan fingerprint density at radius 1 is 1.11 bits per heavy atom. The summed E-state index contributed by atoms with van der Waals surface area (Å²) in [5, 5.41) is 18.2. The standard InChI is InChI=1S/C25H22FN5O5/c1-16(2)36-25-28-24(17-7-5-8-18(26)13-17)30(29-25)20-10-6-9-19(14-20)27-23(32)15-35-22-12-4-3-11-21(22)31(33)34/h3-14,16H,15H2,1-2H3,(H,27,32). The molecule has 36 heavy (non-hydrogen) atoms. The molecule has 0 atom stereocenters. The van der Waals surface area contributed by atoms with Crippen molar-refractivity contribution in [2.24, 2.45) is 0 Å². The van der Waals surface area contributed by atoms with Crippen LogP contribution in [0, 0.1) is 15.9 Å². The van der Waals surface area contributed by atoms with Crippen molar-refractivity contribution in [3.05, 3.63) is 88.7 Å². The normalized spacial score (nSPS) is 10.8. The van der Waals surface area contributed by atoms with E-state index in [1.807, 2.05) is 13.8 Å². The van der Waals surface area contributed by atoms with Crippen molar-refractivity contribution in [3.8, 4) is 28.8 Å². The third-order valence-corrected chi connectivity index (χ3v) is 4.81. The summed E-state index contributed by atoms with van der Waals surface area (Å²) in [5.74, 6) is -0.592. The van der Waals surface area contributed by atoms with Crippen LogP contribution >= 0.6 is 0 Å². The highest BCUT2D eigenvalue weighted by atomic mass is 19.1. The molecule has 1 N–H and O–H groups in total. The van der Waals surface area contributed by atoms with Crippen molar-refractivity contribution in [2.75, 3.05) is 11.9 Å². The molecule has 3 aromatic carbocycles. The lowest BCUT2D eigenvalue weighted by atomic mass is 10.2. The van der Waals surface area contributed by atoms with Gasteiger partial charge in [-0.2, -0.15) is 4.98 Å². The zero-order valence-electron chi connectivity index (χ0n) is 19.4. The van der Waals surface area contributed by atoms with Gasteiger partial charge < -0.3 is 14.8 Å². The summed E-state index contributed by atoms with van der Waals surface area (Å²) in [6.45, 7) is 3.25. The quantitative estimate of drug-likeness (QED) is 0.264. The van der Waals surface area contributed by atoms with Crippen LogP contribution in [-0.2, 0) is 4.79 Å². The SMILES string of the molecule is CC(C)Oc1nc(-c2cccc(F)c2)n(-c2cccc(NC(=O)COc3ccccc3[N+](=O)[O-])c2)n1. The second kappa shape index (κ2) is 10.6. The van der Waals surface area contributed by atoms with Crippen LogP contribution in [0.25, 0.3) is 17.1 Å². The Labute approximate surface area is 205 Å². The third-order valence-electron chi connectivity index (χ3n) is 4.81. The van der Waals surface area contributed by atoms with E-state index in [9.17, 15) is 19.3 Å². The second-order valence-electron chi connectivity index (χ2n) is 7.92. The van der Waals surface area contributed by atoms with Crippen LogP contribution in [0.15, 0.2) is 72.8 Å². The maximum atomic E-state index is 13.9. The lowest BCUT2D eigenvalue weighted by Crippen LogP contribution is -2.20. The number of nitrogens with zero attached hydrogens (tertiary/aromatic N) is 4. The predicted molar refractivity (Wildman–Crippen MR) is 130 cm³/mol. The zero-order chi connectivity index (χ0) is 25.7. The number of hydrogen-bond acceptors (Lipinski definition) is 7. The first-order valence-corrected chi connectivity index (χ1v) is 11.0. The summed E-state index contributed by atoms with van der Waals surface area (Å²) in [4.78, 5) is 27.4. The maximum Gasteiger partial charge on any atom is 0.336 e. The number of rotatable bonds is 9. The van der Waals surface area contributed by atoms with E-state index in [4.69, 9.17) is 9.47 Å². The Bertz CT molecular complexity index is 1410. The molecular formula is C25H22FN5O5. The summed E-state index contributed by atoms with van der Waals surface area (Å²) >= 11 is 0. The van der Waals surface area contributed by atoms with Gasteiger partial charge in [0.2, 0.25) is 0 Å². The van der Waals surface area contributed by atoms with E-state index in [-0.39, 0.29) is 23.6 Å². The van der Waals surface area contributed by atoms with E-state index in [0.717, 1.165) is 0 Å². The average molecular weight is 491 g/mol. The first-order chi connectivity index (χ1) is 17.3. The topological polar surface area (TPSA) is 121 Å². The molecular weight excluding hydrogens is 469 g/mol. The van der Waals surface area contributed by atoms with Crippen LogP contribution in [0.5, 0.6) is 11.8 Å². The summed E-state index contributed by atoms with van der Waals surface area (Å²) in [6, 6.07) is 18.6. The van der Waals surface area contributed by atoms with Crippen LogP contribution < -0.4 is 14.8 Å². The number of ether oxygens (including phenoxy) is 2. The van der Waals surface area contributed by atoms with Gasteiger partial charge in [0.25, 0.3) is 5.91 Å². The molecule has 0 radical (unpaired) electrons. The fraction of sp³-hybridized carbons (Fsp3) is 0.160. The van der Waals surface area contributed by atoms with Gasteiger partial charge in [-0.1, -0.05) is 30.3 Å². The highest BCUT2D eigenvalue weighted by Crippen LogP contribution is 2.27. The number of anilines is 1. The van der Waals surface area contributed by atoms with Crippen molar-refractivity contribution in [3.63, 3.8) is 0 Å². The number of para-hydroxylation sites is 2. The van der Waals surface area contributed by atoms with Crippen LogP contribution in [0.3, 0.4) is 0 Å². The largest absolute Gasteiger partial charge is 0.477 e. The smallest absolute Gasteiger partial charge is 0.336 e. The number of aromatic nitrogens is 3. The van der Waals surface area contributed by atoms with Gasteiger partial charge in [0.15, 0.2) is 18.2 Å². The number of halogens is 1. The molecule has 0 aliphatic heterocycles. The van der Waals surface area contributed by atoms with Crippen LogP contribution in [0.4, 0.5) is 15.8 Å². The second-order valence-corrected chi connectivity index (χ2v) is 7.92. The van der Waals surface area contributed by atoms with E-state index in [1.165, 1.54) is 35.0 Å². The molecule has 11 heteroatoms. The zero-order valence-corrected chi connectivity index (χ0v) is 19.4. The highest BCUT2D eigenvalue weighted by molar-refractivity contribution is 5.92. The molecule has 1 heterocycles. The Morgan fingerprint density at radius 2 is 1.89 bits per heavy atom. The van der Waals surface area contributed by atoms with E-state index in [2.05, 4.69) is 15.4 Å². The molecule has 4 aromatic rings. The Hall–Kier alpha value is -4.80. The molecule has 1 aromatic heterocycles. The Morgan fingerprint density at radius 3 is 2.64 bits per heavy atom. The van der Waals surface area contributed by atoms with Crippen LogP contribution in [-0.4, -0.2) is 38.3 Å². The Kier molecular flexibility index (Phi) is 7.19. The van der Waals surface area contributed by atoms with Gasteiger partial charge in [0.05, 0.1) is 16.7 Å². The molecule has 0 spiro atoms. The number of nitrogens with one attached hydrogen (secondary N) is 1. The van der Waals surface area contributed by atoms with Gasteiger partial charge in [-0.3, -0.25) is 14.9 Å². The number of benzene rings is 3. The minimum Gasteiger partial charge on any atom is -0.477 e. The number of hydrogen-bond donors (Lipinski definition) is 1. The van der Waals surface area contributed by atoms with Crippen molar-refractivity contribution < 1.29 is 23.6 Å². The van der Waals surface area contributed by atoms with Gasteiger partial charge >= 0.3 is 11.7 Å². The summed E-state index contributed by atoms with van der Waals surface area (Å²) in [6.07, 6.45) is -0.174. The number of nitro groups is 1. The molecule has 0 bridgehead atoms. The first-order valence-electron chi connectivity index (χ1n) is 11.0. The first kappa shape index (κ1) is 24.3. The molecule has 0 aliphatic carbocycles. The number of nitro benzene ring substituents is 1. The molecule has 1 amide bonds. The number of amides is 1. The molecule has 10 nitrogen and oxygen atoms in total. The molecule has 4 rings (SSSR count). The van der Waals surface area contributed by atoms with Crippen molar-refractivity contribution in [1.29, 1.82) is 0 Å². The molecule has 0 saturated carbocycles. The lowest BCUT2D eigenvalue weighted by Gasteiger charge is -2.10. The monoisotopic (exact) mass is 491 g/mol. The molecule has 0 aliphatic rings. The minimum absolute atomic E-state index is 0.00793.